The highest BCUT2D eigenvalue weighted by atomic mass is 35.5. The van der Waals surface area contributed by atoms with Crippen LogP contribution in [0.25, 0.3) is 0 Å². The fourth-order valence-electron chi connectivity index (χ4n) is 7.51. The van der Waals surface area contributed by atoms with Crippen molar-refractivity contribution in [1.29, 1.82) is 0 Å². The van der Waals surface area contributed by atoms with Crippen LogP contribution in [0.4, 0.5) is 13.2 Å². The van der Waals surface area contributed by atoms with Crippen LogP contribution in [0.1, 0.15) is 335 Å². The first kappa shape index (κ1) is 144. The highest BCUT2D eigenvalue weighted by Gasteiger charge is 2.37. The fourth-order valence-corrected chi connectivity index (χ4v) is 7.74. The molecular formula is C103H192Cl3F3N8O11. The Balaban J connectivity index is -0.000000131. The zero-order chi connectivity index (χ0) is 105. The Morgan fingerprint density at radius 3 is 0.852 bits per heavy atom. The molecule has 752 valence electrons. The molecule has 0 aliphatic carbocycles. The van der Waals surface area contributed by atoms with Crippen molar-refractivity contribution in [2.75, 3.05) is 80.5 Å². The van der Waals surface area contributed by atoms with Crippen molar-refractivity contribution < 1.29 is 65.9 Å². The SMILES string of the molecule is C/C=C/C(=O)CCC(C)(C)C.C=C(C(=O)NCC(C)(C)C)C(F)(F)F.C=C(C)C(=O)NCC(C)(C)C.C=CC(=O)CCC(C)(C)C.C=CC(=O)N(C)CC(C)(C)C.C=CC(=O)N(C)CCC(C)(C)C.CC(C)=CC(=O)CCC(C)(C)C.CC(Cl)C(=O)NCC(C)(C)C.CN(C)C/C=C/C(=O)CCC(C)(C)C.C[C@@H](Cl)C(=O)NCC(C)(C)C.C[C@H](Cl)C(=O)NCC(C)(C)C. The lowest BCUT2D eigenvalue weighted by molar-refractivity contribution is -0.131. The number of amides is 7. The Bertz CT molecular complexity index is 3220. The molecule has 0 aromatic carbocycles. The minimum absolute atomic E-state index is 0.000694. The Hall–Kier alpha value is -6.49. The molecule has 0 radical (unpaired) electrons. The summed E-state index contributed by atoms with van der Waals surface area (Å²) in [5.41, 5.74) is 2.08. The third-order valence-electron chi connectivity index (χ3n) is 15.3. The summed E-state index contributed by atoms with van der Waals surface area (Å²) in [6.07, 6.45) is 15.7. The number of likely N-dealkylation sites (N-methyl/N-ethyl adjacent to an activating group) is 3. The fraction of sp³-hybridized carbons (Fsp3) is 0.738. The molecule has 0 saturated heterocycles. The standard InChI is InChI=1S/C12H23NO.C11H20O.C10H19NO.C10H18O.C9H14F3NO.2C9H17NO.C9H16O.3C8H16ClNO/c1-12(2,3)9-8-11(14)7-6-10-13(4)5;1-9(2)8-10(12)6-7-11(3,4)5;1-6-9(12)11(5)8-7-10(2,3)4;1-5-6-9(11)7-8-10(2,3)4;1-6(9(10,11)12)7(14)13-5-8(2,3)4;1-7(2)8(11)10-6-9(3,4)5;1-6-8(11)10(5)7-9(2,3)4;1-5-8(10)6-7-9(2,3)4;3*1-6(9)7(11)10-5-8(2,3)4/h6-7H,8-10H2,1-5H3;8H,6-7H2,1-5H3;6H,1,7-8H2,2-5H3;5-6H,7-8H2,1-4H3;1,5H2,2-4H3,(H,13,14);1,6H2,2-5H3,(H,10,11);6H,1,7H2,2-5H3;5H,1,6-7H2,2-4H3;3*6H,5H2,1-4H3,(H,10,11)/b7-6+;;;6-5+;;;;;;;/t;;;;;;;;2*6-;/m........10./s1. The van der Waals surface area contributed by atoms with Crippen LogP contribution in [0.2, 0.25) is 0 Å². The van der Waals surface area contributed by atoms with E-state index in [1.165, 1.54) is 18.2 Å². The summed E-state index contributed by atoms with van der Waals surface area (Å²) in [5, 5.41) is 11.9. The van der Waals surface area contributed by atoms with Crippen LogP contribution in [-0.4, -0.2) is 182 Å². The summed E-state index contributed by atoms with van der Waals surface area (Å²) in [5.74, 6) is -0.639. The van der Waals surface area contributed by atoms with Crippen molar-refractivity contribution in [1.82, 2.24) is 41.3 Å². The minimum Gasteiger partial charge on any atom is -0.354 e. The first-order valence-corrected chi connectivity index (χ1v) is 45.7. The smallest absolute Gasteiger partial charge is 0.354 e. The lowest BCUT2D eigenvalue weighted by Crippen LogP contribution is -2.36. The van der Waals surface area contributed by atoms with Crippen LogP contribution < -0.4 is 26.6 Å². The number of rotatable bonds is 29. The quantitative estimate of drug-likeness (QED) is 0.0346. The molecule has 5 N–H and O–H groups in total. The van der Waals surface area contributed by atoms with Crippen molar-refractivity contribution in [3.05, 3.63) is 98.2 Å². The molecule has 3 atom stereocenters. The molecular weight excluding hydrogens is 1690 g/mol. The second kappa shape index (κ2) is 71.2. The van der Waals surface area contributed by atoms with Crippen molar-refractivity contribution >= 4 is 99.3 Å². The van der Waals surface area contributed by atoms with Crippen LogP contribution in [0.3, 0.4) is 0 Å². The summed E-state index contributed by atoms with van der Waals surface area (Å²) < 4.78 is 35.9. The van der Waals surface area contributed by atoms with Gasteiger partial charge < -0.3 is 41.3 Å². The largest absolute Gasteiger partial charge is 0.421 e. The third-order valence-corrected chi connectivity index (χ3v) is 15.9. The van der Waals surface area contributed by atoms with Gasteiger partial charge in [-0.15, -0.1) is 34.8 Å². The van der Waals surface area contributed by atoms with E-state index < -0.39 is 33.8 Å². The van der Waals surface area contributed by atoms with Gasteiger partial charge >= 0.3 is 6.18 Å². The lowest BCUT2D eigenvalue weighted by Gasteiger charge is -2.25. The maximum absolute atomic E-state index is 12.0. The normalized spacial score (nSPS) is 12.3. The van der Waals surface area contributed by atoms with Crippen LogP contribution in [0.15, 0.2) is 98.2 Å². The van der Waals surface area contributed by atoms with E-state index in [4.69, 9.17) is 34.8 Å². The van der Waals surface area contributed by atoms with E-state index >= 15 is 0 Å². The monoisotopic (exact) mass is 1880 g/mol. The van der Waals surface area contributed by atoms with Crippen molar-refractivity contribution in [2.24, 2.45) is 59.6 Å². The zero-order valence-corrected chi connectivity index (χ0v) is 91.8. The summed E-state index contributed by atoms with van der Waals surface area (Å²) >= 11 is 16.6. The van der Waals surface area contributed by atoms with Gasteiger partial charge in [0, 0.05) is 97.7 Å². The van der Waals surface area contributed by atoms with Gasteiger partial charge in [0.1, 0.15) is 21.7 Å². The molecule has 0 aromatic rings. The Labute approximate surface area is 797 Å². The molecule has 0 heterocycles. The number of nitrogens with one attached hydrogen (secondary N) is 5. The van der Waals surface area contributed by atoms with E-state index in [0.717, 1.165) is 57.3 Å². The van der Waals surface area contributed by atoms with Gasteiger partial charge in [0.15, 0.2) is 23.1 Å². The number of ketones is 4. The minimum atomic E-state index is -4.65. The molecule has 0 fully saturated rings. The number of hydrogen-bond acceptors (Lipinski definition) is 12. The van der Waals surface area contributed by atoms with Crippen LogP contribution in [-0.2, 0) is 52.7 Å². The summed E-state index contributed by atoms with van der Waals surface area (Å²) in [4.78, 5) is 126. The predicted octanol–water partition coefficient (Wildman–Crippen LogP) is 24.4. The van der Waals surface area contributed by atoms with E-state index in [0.29, 0.717) is 57.4 Å². The number of carbonyl (C=O) groups excluding carboxylic acids is 11. The van der Waals surface area contributed by atoms with Gasteiger partial charge in [-0.05, 0) is 191 Å². The van der Waals surface area contributed by atoms with Gasteiger partial charge in [-0.2, -0.15) is 13.2 Å². The molecule has 0 aliphatic heterocycles. The highest BCUT2D eigenvalue weighted by molar-refractivity contribution is 6.31. The number of nitrogens with zero attached hydrogens (tertiary/aromatic N) is 3. The van der Waals surface area contributed by atoms with Crippen LogP contribution >= 0.6 is 34.8 Å². The zero-order valence-electron chi connectivity index (χ0n) is 89.5. The first-order valence-electron chi connectivity index (χ1n) is 44.4. The second-order valence-electron chi connectivity index (χ2n) is 45.9. The molecule has 19 nitrogen and oxygen atoms in total. The molecule has 128 heavy (non-hydrogen) atoms. The van der Waals surface area contributed by atoms with Crippen molar-refractivity contribution in [3.63, 3.8) is 0 Å². The summed E-state index contributed by atoms with van der Waals surface area (Å²) in [6.45, 7) is 103. The van der Waals surface area contributed by atoms with Gasteiger partial charge in [0.05, 0.1) is 0 Å². The number of alkyl halides is 6. The number of carbonyl (C=O) groups is 11. The number of halogens is 6. The maximum atomic E-state index is 12.0. The molecule has 0 rings (SSSR count). The number of hydrogen-bond donors (Lipinski definition) is 5. The Kier molecular flexibility index (Phi) is 80.3. The molecule has 0 saturated carbocycles. The average molecular weight is 1880 g/mol. The lowest BCUT2D eigenvalue weighted by atomic mass is 9.89. The molecule has 1 unspecified atom stereocenters. The maximum Gasteiger partial charge on any atom is 0.421 e. The summed E-state index contributed by atoms with van der Waals surface area (Å²) in [6, 6.07) is 0. The van der Waals surface area contributed by atoms with Crippen molar-refractivity contribution in [2.45, 2.75) is 357 Å². The predicted molar refractivity (Wildman–Crippen MR) is 544 cm³/mol. The molecule has 0 spiro atoms. The molecule has 0 aromatic heterocycles. The van der Waals surface area contributed by atoms with E-state index in [2.05, 4.69) is 267 Å². The van der Waals surface area contributed by atoms with E-state index in [9.17, 15) is 65.9 Å². The Morgan fingerprint density at radius 1 is 0.359 bits per heavy atom. The van der Waals surface area contributed by atoms with Gasteiger partial charge in [0.25, 0.3) is 5.91 Å². The average Bonchev–Trinajstić information content (AvgIpc) is 0.886. The van der Waals surface area contributed by atoms with Crippen molar-refractivity contribution in [3.8, 4) is 0 Å². The highest BCUT2D eigenvalue weighted by Crippen LogP contribution is 2.27. The number of allylic oxidation sites excluding steroid dienone is 6. The van der Waals surface area contributed by atoms with Gasteiger partial charge in [-0.3, -0.25) is 52.7 Å². The third kappa shape index (κ3) is 135. The van der Waals surface area contributed by atoms with Crippen LogP contribution in [0, 0.1) is 59.6 Å². The van der Waals surface area contributed by atoms with Gasteiger partial charge in [-0.25, -0.2) is 0 Å². The molecule has 0 bridgehead atoms. The Morgan fingerprint density at radius 2 is 0.625 bits per heavy atom. The van der Waals surface area contributed by atoms with E-state index in [-0.39, 0.29) is 125 Å². The molecule has 25 heteroatoms. The molecule has 0 aliphatic rings. The van der Waals surface area contributed by atoms with Crippen LogP contribution in [0.5, 0.6) is 0 Å². The first-order chi connectivity index (χ1) is 56.6. The van der Waals surface area contributed by atoms with E-state index in [1.54, 1.807) is 75.9 Å². The van der Waals surface area contributed by atoms with Gasteiger partial charge in [-0.1, -0.05) is 279 Å². The van der Waals surface area contributed by atoms with Gasteiger partial charge in [0.2, 0.25) is 35.4 Å². The topological polar surface area (TPSA) is 258 Å². The van der Waals surface area contributed by atoms with E-state index in [1.807, 2.05) is 66.6 Å². The summed E-state index contributed by atoms with van der Waals surface area (Å²) in [7, 11) is 7.57. The second-order valence-corrected chi connectivity index (χ2v) is 47.8. The molecule has 7 amide bonds.